The lowest BCUT2D eigenvalue weighted by molar-refractivity contribution is -0.622. The van der Waals surface area contributed by atoms with E-state index in [0.29, 0.717) is 38.5 Å². The van der Waals surface area contributed by atoms with Gasteiger partial charge in [-0.3, -0.25) is 9.36 Å². The van der Waals surface area contributed by atoms with Gasteiger partial charge in [-0.1, -0.05) is 91.0 Å². The molecule has 0 radical (unpaired) electrons. The number of methoxy groups -OCH3 is 3. The molecule has 7 aromatic rings. The van der Waals surface area contributed by atoms with Gasteiger partial charge >= 0.3 is 19.7 Å². The molecule has 8 rings (SSSR count). The first-order valence-electron chi connectivity index (χ1n) is 22.0. The third-order valence-corrected chi connectivity index (χ3v) is 12.3. The summed E-state index contributed by atoms with van der Waals surface area (Å²) in [5.41, 5.74) is -0.112. The Morgan fingerprint density at radius 1 is 0.775 bits per heavy atom. The van der Waals surface area contributed by atoms with Gasteiger partial charge in [-0.15, -0.1) is 4.52 Å². The van der Waals surface area contributed by atoms with E-state index in [2.05, 4.69) is 10.3 Å². The Bertz CT molecular complexity index is 2940. The summed E-state index contributed by atoms with van der Waals surface area (Å²) in [6, 6.07) is 44.4. The van der Waals surface area contributed by atoms with E-state index in [1.807, 2.05) is 54.6 Å². The highest BCUT2D eigenvalue weighted by Gasteiger charge is 2.52. The summed E-state index contributed by atoms with van der Waals surface area (Å²) in [5.74, 6) is 0.00237. The molecule has 5 aromatic carbocycles. The number of anilines is 1. The van der Waals surface area contributed by atoms with Crippen LogP contribution >= 0.6 is 8.03 Å². The van der Waals surface area contributed by atoms with Crippen molar-refractivity contribution in [3.8, 4) is 17.2 Å². The number of ether oxygens (including phenoxy) is 7. The van der Waals surface area contributed by atoms with Crippen molar-refractivity contribution in [3.05, 3.63) is 219 Å². The fraction of sp³-hybridized carbons (Fsp3) is 0.212. The molecule has 1 amide bonds. The summed E-state index contributed by atoms with van der Waals surface area (Å²) >= 11 is 0. The van der Waals surface area contributed by atoms with Crippen molar-refractivity contribution < 1.29 is 61.7 Å². The zero-order chi connectivity index (χ0) is 49.9. The number of benzene rings is 5. The smallest absolute Gasteiger partial charge is 0.540 e. The van der Waals surface area contributed by atoms with Gasteiger partial charge in [0.1, 0.15) is 40.9 Å². The van der Waals surface area contributed by atoms with Crippen molar-refractivity contribution in [2.75, 3.05) is 39.6 Å². The van der Waals surface area contributed by atoms with Crippen LogP contribution in [0.25, 0.3) is 0 Å². The zero-order valence-corrected chi connectivity index (χ0v) is 39.4. The molecule has 6 atom stereocenters. The predicted molar refractivity (Wildman–Crippen MR) is 256 cm³/mol. The van der Waals surface area contributed by atoms with Gasteiger partial charge in [0.25, 0.3) is 24.2 Å². The van der Waals surface area contributed by atoms with Gasteiger partial charge in [0.05, 0.1) is 39.6 Å². The number of rotatable bonds is 20. The van der Waals surface area contributed by atoms with Crippen LogP contribution in [0.4, 0.5) is 5.82 Å². The lowest BCUT2D eigenvalue weighted by Gasteiger charge is -2.37. The monoisotopic (exact) mass is 983 g/mol. The highest BCUT2D eigenvalue weighted by molar-refractivity contribution is 7.38. The first kappa shape index (κ1) is 49.6. The molecular weight excluding hydrogens is 936 g/mol. The number of aromatic nitrogens is 3. The van der Waals surface area contributed by atoms with Crippen LogP contribution in [0.1, 0.15) is 55.6 Å². The summed E-state index contributed by atoms with van der Waals surface area (Å²) in [4.78, 5) is 45.3. The second kappa shape index (κ2) is 22.7. The van der Waals surface area contributed by atoms with Crippen molar-refractivity contribution in [1.82, 2.24) is 9.55 Å². The maximum Gasteiger partial charge on any atom is 0.540 e. The summed E-state index contributed by atoms with van der Waals surface area (Å²) in [7, 11) is 1.54. The number of aliphatic hydroxyl groups is 1. The van der Waals surface area contributed by atoms with Gasteiger partial charge in [0.2, 0.25) is 0 Å². The fourth-order valence-electron chi connectivity index (χ4n) is 8.03. The molecule has 364 valence electrons. The molecule has 1 fully saturated rings. The topological polar surface area (TPSA) is 219 Å². The average molecular weight is 984 g/mol. The number of nitrogens with zero attached hydrogens (tertiary/aromatic N) is 3. The van der Waals surface area contributed by atoms with Gasteiger partial charge < -0.3 is 48.8 Å². The molecule has 19 heteroatoms. The van der Waals surface area contributed by atoms with Crippen LogP contribution in [0.3, 0.4) is 0 Å². The van der Waals surface area contributed by atoms with Crippen molar-refractivity contribution in [3.63, 3.8) is 0 Å². The number of nitrogens with one attached hydrogen (secondary N) is 1. The fourth-order valence-corrected chi connectivity index (χ4v) is 8.71. The predicted octanol–water partition coefficient (Wildman–Crippen LogP) is 7.08. The Hall–Kier alpha value is -7.83. The molecule has 1 aliphatic heterocycles. The van der Waals surface area contributed by atoms with Crippen LogP contribution in [0.15, 0.2) is 175 Å². The van der Waals surface area contributed by atoms with Gasteiger partial charge in [-0.25, -0.2) is 9.59 Å². The second-order valence-corrected chi connectivity index (χ2v) is 16.9. The number of amides is 1. The van der Waals surface area contributed by atoms with E-state index in [4.69, 9.17) is 37.7 Å². The number of carbonyl (C=O) groups excluding carboxylic acids is 2. The molecule has 71 heavy (non-hydrogen) atoms. The lowest BCUT2D eigenvalue weighted by Crippen LogP contribution is -2.43. The highest BCUT2D eigenvalue weighted by Crippen LogP contribution is 2.44. The normalized spacial score (nSPS) is 17.2. The Balaban J connectivity index is 1.20. The van der Waals surface area contributed by atoms with Crippen LogP contribution in [0.2, 0.25) is 0 Å². The standard InChI is InChI=1S/C52H47N4O14P/c1-63-39-23-19-37(20-24-39)52(36-17-11-6-12-18-36,38-21-25-40(64-2)26-22-38)67-32-43-45(66-33-71(62)70-50(59)42-31-41(65-3)27-30-56(42)61)46(69-49(58)35-15-9-5-10-16-35)48(68-43)55-29-28-44(54-51(55)60)53-47(57)34-13-7-4-8-14-34/h4-31,43,45-46,48,50,59H,32-33H2,1-3H3/p+1/t43-,45-,46-,48-,50?/m1/s1. The minimum absolute atomic E-state index is 0.0709. The summed E-state index contributed by atoms with van der Waals surface area (Å²) < 4.78 is 63.2. The molecule has 0 spiro atoms. The molecule has 2 unspecified atom stereocenters. The van der Waals surface area contributed by atoms with Crippen molar-refractivity contribution in [1.29, 1.82) is 0 Å². The van der Waals surface area contributed by atoms with Crippen LogP contribution in [-0.2, 0) is 33.6 Å². The minimum atomic E-state index is -2.94. The third-order valence-electron chi connectivity index (χ3n) is 11.6. The van der Waals surface area contributed by atoms with E-state index in [1.54, 1.807) is 87.0 Å². The number of hydrogen-bond donors (Lipinski definition) is 2. The third kappa shape index (κ3) is 11.3. The SMILES string of the molecule is COc1ccc(C(OC[C@H]2O[C@@H](n3ccc(NC(=O)c4ccccc4)nc3=O)[C@H](OC(=O)c3ccccc3)[C@@H]2OC[P+](=O)OC(O)c2cc(OC)cc[n+]2[O-])(c2ccccc2)c2ccc(OC)cc2)cc1. The van der Waals surface area contributed by atoms with Crippen LogP contribution in [0.5, 0.6) is 17.2 Å². The maximum absolute atomic E-state index is 14.1. The van der Waals surface area contributed by atoms with E-state index >= 15 is 0 Å². The number of carbonyl (C=O) groups is 2. The van der Waals surface area contributed by atoms with Gasteiger partial charge in [0, 0.05) is 17.8 Å². The molecule has 0 saturated carbocycles. The first-order valence-corrected chi connectivity index (χ1v) is 23.4. The van der Waals surface area contributed by atoms with E-state index in [9.17, 15) is 29.3 Å². The number of pyridine rings is 1. The molecular formula is C52H48N4O14P+. The number of aliphatic hydroxyl groups excluding tert-OH is 1. The maximum atomic E-state index is 14.1. The van der Waals surface area contributed by atoms with E-state index in [-0.39, 0.29) is 29.4 Å². The lowest BCUT2D eigenvalue weighted by atomic mass is 9.80. The average Bonchev–Trinajstić information content (AvgIpc) is 3.74. The van der Waals surface area contributed by atoms with E-state index in [1.165, 1.54) is 43.6 Å². The van der Waals surface area contributed by atoms with Gasteiger partial charge in [-0.05, 0) is 75.9 Å². The van der Waals surface area contributed by atoms with Gasteiger partial charge in [0.15, 0.2) is 18.5 Å². The quantitative estimate of drug-likeness (QED) is 0.0195. The Kier molecular flexibility index (Phi) is 15.9. The highest BCUT2D eigenvalue weighted by atomic mass is 31.1. The summed E-state index contributed by atoms with van der Waals surface area (Å²) in [6.45, 7) is -0.346. The summed E-state index contributed by atoms with van der Waals surface area (Å²) in [6.07, 6.45) is -5.93. The van der Waals surface area contributed by atoms with Crippen molar-refractivity contribution in [2.45, 2.75) is 36.4 Å². The molecule has 1 aliphatic rings. The van der Waals surface area contributed by atoms with Crippen LogP contribution < -0.4 is 29.9 Å². The van der Waals surface area contributed by atoms with Crippen molar-refractivity contribution >= 4 is 25.7 Å². The molecule has 0 aliphatic carbocycles. The molecule has 2 aromatic heterocycles. The second-order valence-electron chi connectivity index (χ2n) is 15.8. The molecule has 0 bridgehead atoms. The van der Waals surface area contributed by atoms with E-state index < -0.39 is 68.4 Å². The van der Waals surface area contributed by atoms with Crippen molar-refractivity contribution in [2.24, 2.45) is 0 Å². The largest absolute Gasteiger partial charge is 0.618 e. The zero-order valence-electron chi connectivity index (χ0n) is 38.5. The molecule has 18 nitrogen and oxygen atoms in total. The molecule has 2 N–H and O–H groups in total. The van der Waals surface area contributed by atoms with E-state index in [0.717, 1.165) is 10.8 Å². The Labute approximate surface area is 408 Å². The summed E-state index contributed by atoms with van der Waals surface area (Å²) in [5, 5.41) is 26.1. The number of esters is 1. The molecule has 3 heterocycles. The Morgan fingerprint density at radius 2 is 1.34 bits per heavy atom. The minimum Gasteiger partial charge on any atom is -0.618 e. The van der Waals surface area contributed by atoms with Gasteiger partial charge in [-0.2, -0.15) is 9.71 Å². The number of hydrogen-bond acceptors (Lipinski definition) is 15. The van der Waals surface area contributed by atoms with Crippen LogP contribution in [-0.4, -0.2) is 79.1 Å². The van der Waals surface area contributed by atoms with Crippen LogP contribution in [0, 0.1) is 5.21 Å². The Morgan fingerprint density at radius 3 is 1.92 bits per heavy atom. The first-order chi connectivity index (χ1) is 34.5. The molecule has 1 saturated heterocycles.